The van der Waals surface area contributed by atoms with Crippen LogP contribution in [0, 0.1) is 17.8 Å². The van der Waals surface area contributed by atoms with E-state index in [1.807, 2.05) is 6.08 Å². The average molecular weight is 214 g/mol. The first kappa shape index (κ1) is 11.1. The van der Waals surface area contributed by atoms with Crippen LogP contribution in [0.25, 0.3) is 0 Å². The molecule has 0 radical (unpaired) electrons. The lowest BCUT2D eigenvalue weighted by atomic mass is 9.83. The summed E-state index contributed by atoms with van der Waals surface area (Å²) in [6.45, 7) is 0.0639. The van der Waals surface area contributed by atoms with Crippen molar-refractivity contribution >= 4 is 0 Å². The van der Waals surface area contributed by atoms with E-state index >= 15 is 0 Å². The summed E-state index contributed by atoms with van der Waals surface area (Å²) in [5.74, 6) is -0.771. The Labute approximate surface area is 89.5 Å². The van der Waals surface area contributed by atoms with Crippen LogP contribution in [-0.4, -0.2) is 42.9 Å². The van der Waals surface area contributed by atoms with Gasteiger partial charge in [0.15, 0.2) is 5.79 Å². The van der Waals surface area contributed by atoms with E-state index in [1.165, 1.54) is 0 Å². The molecule has 15 heavy (non-hydrogen) atoms. The average Bonchev–Trinajstić information content (AvgIpc) is 2.49. The molecular weight excluding hydrogens is 196 g/mol. The van der Waals surface area contributed by atoms with Crippen molar-refractivity contribution in [1.29, 1.82) is 0 Å². The highest BCUT2D eigenvalue weighted by Crippen LogP contribution is 2.52. The van der Waals surface area contributed by atoms with Gasteiger partial charge in [0.1, 0.15) is 0 Å². The molecule has 0 unspecified atom stereocenters. The first-order valence-corrected chi connectivity index (χ1v) is 5.27. The van der Waals surface area contributed by atoms with Crippen LogP contribution in [-0.2, 0) is 9.47 Å². The van der Waals surface area contributed by atoms with Crippen LogP contribution >= 0.6 is 0 Å². The van der Waals surface area contributed by atoms with Crippen LogP contribution in [0.5, 0.6) is 0 Å². The Morgan fingerprint density at radius 2 is 2.00 bits per heavy atom. The molecule has 2 bridgehead atoms. The topological polar surface area (TPSA) is 58.9 Å². The Kier molecular flexibility index (Phi) is 2.85. The van der Waals surface area contributed by atoms with Gasteiger partial charge in [0.05, 0.1) is 6.10 Å². The van der Waals surface area contributed by atoms with Gasteiger partial charge < -0.3 is 19.7 Å². The molecule has 0 aliphatic heterocycles. The number of aliphatic hydroxyl groups excluding tert-OH is 2. The molecule has 0 aromatic carbocycles. The second-order valence-electron chi connectivity index (χ2n) is 4.32. The molecule has 4 atom stereocenters. The molecule has 4 heteroatoms. The molecule has 2 rings (SSSR count). The Hall–Kier alpha value is -0.420. The molecule has 86 valence electrons. The van der Waals surface area contributed by atoms with Crippen LogP contribution in [0.4, 0.5) is 0 Å². The second kappa shape index (κ2) is 3.87. The van der Waals surface area contributed by atoms with Gasteiger partial charge in [0.2, 0.25) is 0 Å². The van der Waals surface area contributed by atoms with E-state index < -0.39 is 11.9 Å². The van der Waals surface area contributed by atoms with Gasteiger partial charge in [0.25, 0.3) is 0 Å². The first-order chi connectivity index (χ1) is 7.19. The molecule has 0 saturated heterocycles. The predicted octanol–water partition coefficient (Wildman–Crippen LogP) is 0.151. The predicted molar refractivity (Wildman–Crippen MR) is 54.1 cm³/mol. The van der Waals surface area contributed by atoms with E-state index in [0.29, 0.717) is 0 Å². The normalized spacial score (nSPS) is 42.1. The Balaban J connectivity index is 2.37. The maximum atomic E-state index is 9.94. The van der Waals surface area contributed by atoms with Gasteiger partial charge in [-0.15, -0.1) is 0 Å². The summed E-state index contributed by atoms with van der Waals surface area (Å²) in [5.41, 5.74) is 0. The molecule has 2 N–H and O–H groups in total. The molecule has 4 nitrogen and oxygen atoms in total. The fourth-order valence-corrected chi connectivity index (χ4v) is 3.16. The van der Waals surface area contributed by atoms with Gasteiger partial charge in [-0.25, -0.2) is 0 Å². The van der Waals surface area contributed by atoms with Gasteiger partial charge in [0, 0.05) is 32.7 Å². The largest absolute Gasteiger partial charge is 0.396 e. The van der Waals surface area contributed by atoms with Crippen molar-refractivity contribution < 1.29 is 19.7 Å². The number of aliphatic hydroxyl groups is 2. The van der Waals surface area contributed by atoms with Crippen molar-refractivity contribution in [1.82, 2.24) is 0 Å². The van der Waals surface area contributed by atoms with Crippen molar-refractivity contribution in [3.05, 3.63) is 12.2 Å². The van der Waals surface area contributed by atoms with Crippen LogP contribution in [0.15, 0.2) is 12.2 Å². The molecule has 2 aliphatic rings. The molecule has 1 fully saturated rings. The Morgan fingerprint density at radius 3 is 2.53 bits per heavy atom. The summed E-state index contributed by atoms with van der Waals surface area (Å²) in [6, 6.07) is 0. The number of hydrogen-bond acceptors (Lipinski definition) is 4. The molecule has 0 spiro atoms. The van der Waals surface area contributed by atoms with Crippen molar-refractivity contribution in [2.24, 2.45) is 17.8 Å². The Bertz CT molecular complexity index is 259. The van der Waals surface area contributed by atoms with E-state index in [9.17, 15) is 10.2 Å². The minimum Gasteiger partial charge on any atom is -0.396 e. The second-order valence-corrected chi connectivity index (χ2v) is 4.32. The zero-order valence-electron chi connectivity index (χ0n) is 9.09. The minimum absolute atomic E-state index is 0.0416. The fourth-order valence-electron chi connectivity index (χ4n) is 3.16. The fraction of sp³-hybridized carbons (Fsp3) is 0.818. The number of methoxy groups -OCH3 is 2. The van der Waals surface area contributed by atoms with Crippen LogP contribution in [0.1, 0.15) is 6.42 Å². The molecule has 0 aromatic rings. The summed E-state index contributed by atoms with van der Waals surface area (Å²) < 4.78 is 10.9. The minimum atomic E-state index is -0.762. The van der Waals surface area contributed by atoms with E-state index in [4.69, 9.17) is 9.47 Å². The van der Waals surface area contributed by atoms with Crippen LogP contribution in [0.3, 0.4) is 0 Å². The van der Waals surface area contributed by atoms with Crippen molar-refractivity contribution in [2.45, 2.75) is 18.3 Å². The van der Waals surface area contributed by atoms with Crippen molar-refractivity contribution in [3.63, 3.8) is 0 Å². The highest BCUT2D eigenvalue weighted by Gasteiger charge is 2.59. The van der Waals surface area contributed by atoms with Crippen LogP contribution in [0.2, 0.25) is 0 Å². The lowest BCUT2D eigenvalue weighted by molar-refractivity contribution is -0.263. The maximum absolute atomic E-state index is 9.94. The summed E-state index contributed by atoms with van der Waals surface area (Å²) in [5, 5.41) is 19.2. The summed E-state index contributed by atoms with van der Waals surface area (Å²) >= 11 is 0. The van der Waals surface area contributed by atoms with Gasteiger partial charge in [-0.1, -0.05) is 12.2 Å². The van der Waals surface area contributed by atoms with Gasteiger partial charge >= 0.3 is 0 Å². The highest BCUT2D eigenvalue weighted by atomic mass is 16.7. The monoisotopic (exact) mass is 214 g/mol. The molecule has 0 heterocycles. The van der Waals surface area contributed by atoms with E-state index in [0.717, 1.165) is 6.42 Å². The molecular formula is C11H18O4. The highest BCUT2D eigenvalue weighted by molar-refractivity contribution is 5.17. The third-order valence-corrected chi connectivity index (χ3v) is 3.83. The number of hydrogen-bond donors (Lipinski definition) is 2. The summed E-state index contributed by atoms with van der Waals surface area (Å²) in [4.78, 5) is 0. The molecule has 0 amide bonds. The van der Waals surface area contributed by atoms with Gasteiger partial charge in [-0.2, -0.15) is 0 Å². The quantitative estimate of drug-likeness (QED) is 0.518. The van der Waals surface area contributed by atoms with E-state index in [1.54, 1.807) is 20.3 Å². The first-order valence-electron chi connectivity index (χ1n) is 5.27. The van der Waals surface area contributed by atoms with Crippen LogP contribution < -0.4 is 0 Å². The van der Waals surface area contributed by atoms with E-state index in [-0.39, 0.29) is 24.4 Å². The lowest BCUT2D eigenvalue weighted by Crippen LogP contribution is -2.51. The molecule has 2 aliphatic carbocycles. The summed E-state index contributed by atoms with van der Waals surface area (Å²) in [6.07, 6.45) is 3.92. The Morgan fingerprint density at radius 1 is 1.33 bits per heavy atom. The zero-order chi connectivity index (χ0) is 11.1. The third-order valence-electron chi connectivity index (χ3n) is 3.83. The number of ether oxygens (including phenoxy) is 2. The van der Waals surface area contributed by atoms with Crippen molar-refractivity contribution in [2.75, 3.05) is 20.8 Å². The molecule has 1 saturated carbocycles. The van der Waals surface area contributed by atoms with Crippen molar-refractivity contribution in [3.8, 4) is 0 Å². The number of fused-ring (bicyclic) bond motifs is 2. The summed E-state index contributed by atoms with van der Waals surface area (Å²) in [7, 11) is 3.18. The SMILES string of the molecule is COC1(OC)[C@@H]2[C@H](CO)C[C@H]1C=C[C@@H]2O. The smallest absolute Gasteiger partial charge is 0.179 e. The zero-order valence-corrected chi connectivity index (χ0v) is 9.09. The number of rotatable bonds is 3. The van der Waals surface area contributed by atoms with Gasteiger partial charge in [-0.3, -0.25) is 0 Å². The third kappa shape index (κ3) is 1.36. The van der Waals surface area contributed by atoms with Gasteiger partial charge in [-0.05, 0) is 12.3 Å². The van der Waals surface area contributed by atoms with E-state index in [2.05, 4.69) is 0 Å². The maximum Gasteiger partial charge on any atom is 0.179 e. The standard InChI is InChI=1S/C11H18O4/c1-14-11(15-2)8-3-4-9(13)10(11)7(5-8)6-12/h3-4,7-10,12-13H,5-6H2,1-2H3/t7-,8+,9-,10+/m0/s1. The lowest BCUT2D eigenvalue weighted by Gasteiger charge is -2.41. The molecule has 0 aromatic heterocycles.